The van der Waals surface area contributed by atoms with Gasteiger partial charge in [0, 0.05) is 31.6 Å². The summed E-state index contributed by atoms with van der Waals surface area (Å²) >= 11 is 0. The standard InChI is InChI=1S/C22H35N3O3/c1-21(2,3)19(27)23-14-18(26)24-4-6-25(7-5-24)20(28)22-11-15-8-16(12-22)10-17(9-15)13-22/h15-17H,4-14H2,1-3H3,(H,23,27). The molecule has 28 heavy (non-hydrogen) atoms. The topological polar surface area (TPSA) is 69.7 Å². The quantitative estimate of drug-likeness (QED) is 0.803. The molecule has 6 nitrogen and oxygen atoms in total. The molecule has 5 fully saturated rings. The van der Waals surface area contributed by atoms with Gasteiger partial charge in [-0.1, -0.05) is 20.8 Å². The van der Waals surface area contributed by atoms with Crippen LogP contribution in [0, 0.1) is 28.6 Å². The Labute approximate surface area is 168 Å². The van der Waals surface area contributed by atoms with Gasteiger partial charge in [0.15, 0.2) is 0 Å². The van der Waals surface area contributed by atoms with Crippen LogP contribution in [0.1, 0.15) is 59.3 Å². The van der Waals surface area contributed by atoms with Crippen molar-refractivity contribution in [3.63, 3.8) is 0 Å². The summed E-state index contributed by atoms with van der Waals surface area (Å²) in [6.07, 6.45) is 7.31. The summed E-state index contributed by atoms with van der Waals surface area (Å²) < 4.78 is 0. The smallest absolute Gasteiger partial charge is 0.242 e. The first-order valence-electron chi connectivity index (χ1n) is 11.0. The highest BCUT2D eigenvalue weighted by atomic mass is 16.2. The van der Waals surface area contributed by atoms with Crippen molar-refractivity contribution < 1.29 is 14.4 Å². The molecule has 3 amide bonds. The van der Waals surface area contributed by atoms with Crippen molar-refractivity contribution in [3.05, 3.63) is 0 Å². The van der Waals surface area contributed by atoms with Gasteiger partial charge in [0.2, 0.25) is 17.7 Å². The first kappa shape index (κ1) is 19.7. The number of nitrogens with one attached hydrogen (secondary N) is 1. The molecule has 156 valence electrons. The Morgan fingerprint density at radius 1 is 0.857 bits per heavy atom. The Morgan fingerprint density at radius 2 is 1.32 bits per heavy atom. The molecule has 0 unspecified atom stereocenters. The third kappa shape index (κ3) is 3.67. The van der Waals surface area contributed by atoms with Crippen molar-refractivity contribution in [2.75, 3.05) is 32.7 Å². The molecule has 0 atom stereocenters. The fourth-order valence-electron chi connectivity index (χ4n) is 6.40. The minimum absolute atomic E-state index is 0.0407. The van der Waals surface area contributed by atoms with E-state index in [1.807, 2.05) is 25.7 Å². The van der Waals surface area contributed by atoms with E-state index in [1.54, 1.807) is 4.90 Å². The minimum atomic E-state index is -0.497. The van der Waals surface area contributed by atoms with Crippen molar-refractivity contribution in [1.82, 2.24) is 15.1 Å². The maximum atomic E-state index is 13.4. The molecule has 1 heterocycles. The van der Waals surface area contributed by atoms with Gasteiger partial charge in [-0.3, -0.25) is 14.4 Å². The average molecular weight is 390 g/mol. The molecule has 1 aliphatic heterocycles. The maximum Gasteiger partial charge on any atom is 0.242 e. The average Bonchev–Trinajstić information content (AvgIpc) is 2.63. The Hall–Kier alpha value is -1.59. The molecule has 5 aliphatic rings. The fraction of sp³-hybridized carbons (Fsp3) is 0.864. The fourth-order valence-corrected chi connectivity index (χ4v) is 6.40. The lowest BCUT2D eigenvalue weighted by Crippen LogP contribution is -2.59. The number of hydrogen-bond acceptors (Lipinski definition) is 3. The zero-order chi connectivity index (χ0) is 20.1. The van der Waals surface area contributed by atoms with Crippen LogP contribution in [0.25, 0.3) is 0 Å². The molecule has 0 radical (unpaired) electrons. The summed E-state index contributed by atoms with van der Waals surface area (Å²) in [5, 5.41) is 2.73. The van der Waals surface area contributed by atoms with Crippen molar-refractivity contribution in [2.24, 2.45) is 28.6 Å². The molecular formula is C22H35N3O3. The van der Waals surface area contributed by atoms with E-state index in [9.17, 15) is 14.4 Å². The normalized spacial score (nSPS) is 34.5. The SMILES string of the molecule is CC(C)(C)C(=O)NCC(=O)N1CCN(C(=O)C23CC4CC(CC(C4)C2)C3)CC1. The molecule has 1 saturated heterocycles. The number of rotatable bonds is 3. The third-order valence-electron chi connectivity index (χ3n) is 7.49. The van der Waals surface area contributed by atoms with E-state index in [1.165, 1.54) is 19.3 Å². The lowest BCUT2D eigenvalue weighted by molar-refractivity contribution is -0.160. The van der Waals surface area contributed by atoms with Crippen LogP contribution in [0.2, 0.25) is 0 Å². The van der Waals surface area contributed by atoms with E-state index in [2.05, 4.69) is 5.32 Å². The molecule has 0 spiro atoms. The van der Waals surface area contributed by atoms with Gasteiger partial charge in [0.1, 0.15) is 0 Å². The van der Waals surface area contributed by atoms with Gasteiger partial charge in [-0.15, -0.1) is 0 Å². The molecule has 1 N–H and O–H groups in total. The van der Waals surface area contributed by atoms with Gasteiger partial charge >= 0.3 is 0 Å². The molecular weight excluding hydrogens is 354 g/mol. The van der Waals surface area contributed by atoms with Gasteiger partial charge in [0.25, 0.3) is 0 Å². The molecule has 4 aliphatic carbocycles. The molecule has 0 aromatic rings. The second-order valence-corrected chi connectivity index (χ2v) is 10.8. The summed E-state index contributed by atoms with van der Waals surface area (Å²) in [5.74, 6) is 2.49. The predicted molar refractivity (Wildman–Crippen MR) is 106 cm³/mol. The molecule has 0 aromatic carbocycles. The van der Waals surface area contributed by atoms with Crippen LogP contribution < -0.4 is 5.32 Å². The Kier molecular flexibility index (Phi) is 4.95. The van der Waals surface area contributed by atoms with Crippen molar-refractivity contribution >= 4 is 17.7 Å². The second kappa shape index (κ2) is 7.03. The van der Waals surface area contributed by atoms with Gasteiger partial charge in [0.05, 0.1) is 12.0 Å². The molecule has 6 heteroatoms. The van der Waals surface area contributed by atoms with Gasteiger partial charge in [-0.05, 0) is 56.3 Å². The largest absolute Gasteiger partial charge is 0.347 e. The van der Waals surface area contributed by atoms with Gasteiger partial charge in [-0.2, -0.15) is 0 Å². The van der Waals surface area contributed by atoms with Gasteiger partial charge < -0.3 is 15.1 Å². The summed E-state index contributed by atoms with van der Waals surface area (Å²) in [4.78, 5) is 41.6. The highest BCUT2D eigenvalue weighted by Gasteiger charge is 2.55. The lowest BCUT2D eigenvalue weighted by Gasteiger charge is -2.57. The highest BCUT2D eigenvalue weighted by molar-refractivity contribution is 5.87. The van der Waals surface area contributed by atoms with E-state index in [4.69, 9.17) is 0 Å². The van der Waals surface area contributed by atoms with E-state index in [-0.39, 0.29) is 23.8 Å². The van der Waals surface area contributed by atoms with Gasteiger partial charge in [-0.25, -0.2) is 0 Å². The van der Waals surface area contributed by atoms with E-state index in [0.717, 1.165) is 37.0 Å². The first-order chi connectivity index (χ1) is 13.2. The lowest BCUT2D eigenvalue weighted by atomic mass is 9.49. The molecule has 4 saturated carbocycles. The highest BCUT2D eigenvalue weighted by Crippen LogP contribution is 2.60. The predicted octanol–water partition coefficient (Wildman–Crippen LogP) is 2.04. The van der Waals surface area contributed by atoms with Crippen molar-refractivity contribution in [3.8, 4) is 0 Å². The minimum Gasteiger partial charge on any atom is -0.347 e. The molecule has 5 rings (SSSR count). The van der Waals surface area contributed by atoms with Crippen LogP contribution in [0.3, 0.4) is 0 Å². The Bertz CT molecular complexity index is 623. The number of carbonyl (C=O) groups is 3. The number of carbonyl (C=O) groups excluding carboxylic acids is 3. The summed E-state index contributed by atoms with van der Waals surface area (Å²) in [7, 11) is 0. The van der Waals surface area contributed by atoms with E-state index in [0.29, 0.717) is 32.1 Å². The Morgan fingerprint density at radius 3 is 1.79 bits per heavy atom. The summed E-state index contributed by atoms with van der Waals surface area (Å²) in [6, 6.07) is 0. The number of hydrogen-bond donors (Lipinski definition) is 1. The van der Waals surface area contributed by atoms with E-state index < -0.39 is 5.41 Å². The number of nitrogens with zero attached hydrogens (tertiary/aromatic N) is 2. The van der Waals surface area contributed by atoms with Crippen LogP contribution in [-0.4, -0.2) is 60.2 Å². The van der Waals surface area contributed by atoms with Crippen LogP contribution in [-0.2, 0) is 14.4 Å². The van der Waals surface area contributed by atoms with Crippen LogP contribution >= 0.6 is 0 Å². The van der Waals surface area contributed by atoms with E-state index >= 15 is 0 Å². The summed E-state index contributed by atoms with van der Waals surface area (Å²) in [6.45, 7) is 7.94. The third-order valence-corrected chi connectivity index (χ3v) is 7.49. The van der Waals surface area contributed by atoms with Crippen LogP contribution in [0.4, 0.5) is 0 Å². The van der Waals surface area contributed by atoms with Crippen LogP contribution in [0.5, 0.6) is 0 Å². The van der Waals surface area contributed by atoms with Crippen LogP contribution in [0.15, 0.2) is 0 Å². The number of amides is 3. The second-order valence-electron chi connectivity index (χ2n) is 10.8. The Balaban J connectivity index is 1.29. The number of piperazine rings is 1. The van der Waals surface area contributed by atoms with Crippen molar-refractivity contribution in [2.45, 2.75) is 59.3 Å². The molecule has 0 aromatic heterocycles. The monoisotopic (exact) mass is 389 g/mol. The summed E-state index contributed by atoms with van der Waals surface area (Å²) in [5.41, 5.74) is -0.592. The molecule has 4 bridgehead atoms. The first-order valence-corrected chi connectivity index (χ1v) is 11.0. The zero-order valence-electron chi connectivity index (χ0n) is 17.6. The zero-order valence-corrected chi connectivity index (χ0v) is 17.6. The van der Waals surface area contributed by atoms with Crippen molar-refractivity contribution in [1.29, 1.82) is 0 Å². The maximum absolute atomic E-state index is 13.4.